The van der Waals surface area contributed by atoms with Crippen LogP contribution in [-0.4, -0.2) is 53.6 Å². The molecule has 0 spiro atoms. The SMILES string of the molecule is CN(CC(=O)N1CCc2sccc2C1)CC(O)C1CC1. The summed E-state index contributed by atoms with van der Waals surface area (Å²) in [6.07, 6.45) is 2.98. The molecule has 1 atom stereocenters. The zero-order valence-electron chi connectivity index (χ0n) is 11.9. The Bertz CT molecular complexity index is 484. The zero-order chi connectivity index (χ0) is 14.1. The maximum Gasteiger partial charge on any atom is 0.237 e. The number of rotatable bonds is 5. The maximum atomic E-state index is 12.3. The molecule has 0 aromatic carbocycles. The lowest BCUT2D eigenvalue weighted by molar-refractivity contribution is -0.133. The predicted octanol–water partition coefficient (Wildman–Crippen LogP) is 1.34. The van der Waals surface area contributed by atoms with Crippen molar-refractivity contribution < 1.29 is 9.90 Å². The smallest absolute Gasteiger partial charge is 0.237 e. The van der Waals surface area contributed by atoms with Gasteiger partial charge in [0.1, 0.15) is 0 Å². The molecule has 1 N–H and O–H groups in total. The van der Waals surface area contributed by atoms with Crippen LogP contribution in [0, 0.1) is 5.92 Å². The lowest BCUT2D eigenvalue weighted by Gasteiger charge is -2.29. The summed E-state index contributed by atoms with van der Waals surface area (Å²) < 4.78 is 0. The second-order valence-electron chi connectivity index (χ2n) is 6.04. The first-order valence-corrected chi connectivity index (χ1v) is 8.21. The first-order valence-electron chi connectivity index (χ1n) is 7.33. The summed E-state index contributed by atoms with van der Waals surface area (Å²) in [5.74, 6) is 0.642. The molecular weight excluding hydrogens is 272 g/mol. The number of amides is 1. The van der Waals surface area contributed by atoms with Gasteiger partial charge in [0.15, 0.2) is 0 Å². The van der Waals surface area contributed by atoms with Gasteiger partial charge in [0.25, 0.3) is 0 Å². The van der Waals surface area contributed by atoms with Crippen molar-refractivity contribution in [3.8, 4) is 0 Å². The molecule has 0 bridgehead atoms. The van der Waals surface area contributed by atoms with E-state index >= 15 is 0 Å². The third-order valence-corrected chi connectivity index (χ3v) is 5.25. The molecule has 2 heterocycles. The summed E-state index contributed by atoms with van der Waals surface area (Å²) in [6, 6.07) is 2.13. The third-order valence-electron chi connectivity index (χ3n) is 4.23. The Morgan fingerprint density at radius 1 is 1.60 bits per heavy atom. The molecule has 1 amide bonds. The Kier molecular flexibility index (Phi) is 4.10. The van der Waals surface area contributed by atoms with Gasteiger partial charge in [-0.25, -0.2) is 0 Å². The van der Waals surface area contributed by atoms with Gasteiger partial charge in [-0.05, 0) is 49.2 Å². The van der Waals surface area contributed by atoms with Crippen LogP contribution in [0.1, 0.15) is 23.3 Å². The van der Waals surface area contributed by atoms with Gasteiger partial charge in [-0.3, -0.25) is 9.69 Å². The van der Waals surface area contributed by atoms with E-state index in [0.717, 1.165) is 32.4 Å². The number of likely N-dealkylation sites (N-methyl/N-ethyl adjacent to an activating group) is 1. The fourth-order valence-corrected chi connectivity index (χ4v) is 3.70. The molecule has 1 aromatic rings. The molecule has 3 rings (SSSR count). The van der Waals surface area contributed by atoms with Crippen LogP contribution in [-0.2, 0) is 17.8 Å². The Morgan fingerprint density at radius 3 is 3.15 bits per heavy atom. The Balaban J connectivity index is 1.49. The van der Waals surface area contributed by atoms with Gasteiger partial charge in [-0.2, -0.15) is 0 Å². The molecular formula is C15H22N2O2S. The number of fused-ring (bicyclic) bond motifs is 1. The minimum absolute atomic E-state index is 0.173. The van der Waals surface area contributed by atoms with Gasteiger partial charge in [-0.15, -0.1) is 11.3 Å². The second-order valence-corrected chi connectivity index (χ2v) is 7.04. The third kappa shape index (κ3) is 3.22. The summed E-state index contributed by atoms with van der Waals surface area (Å²) in [4.78, 5) is 17.6. The topological polar surface area (TPSA) is 43.8 Å². The number of nitrogens with zero attached hydrogens (tertiary/aromatic N) is 2. The van der Waals surface area contributed by atoms with Crippen LogP contribution < -0.4 is 0 Å². The minimum Gasteiger partial charge on any atom is -0.392 e. The number of hydrogen-bond donors (Lipinski definition) is 1. The van der Waals surface area contributed by atoms with Crippen LogP contribution in [0.3, 0.4) is 0 Å². The number of hydrogen-bond acceptors (Lipinski definition) is 4. The Morgan fingerprint density at radius 2 is 2.40 bits per heavy atom. The minimum atomic E-state index is -0.266. The molecule has 1 aliphatic carbocycles. The molecule has 1 fully saturated rings. The van der Waals surface area contributed by atoms with E-state index < -0.39 is 0 Å². The van der Waals surface area contributed by atoms with E-state index in [0.29, 0.717) is 19.0 Å². The van der Waals surface area contributed by atoms with Gasteiger partial charge in [-0.1, -0.05) is 0 Å². The molecule has 20 heavy (non-hydrogen) atoms. The molecule has 0 radical (unpaired) electrons. The average molecular weight is 294 g/mol. The van der Waals surface area contributed by atoms with Gasteiger partial charge < -0.3 is 10.0 Å². The normalized spacial score (nSPS) is 20.1. The van der Waals surface area contributed by atoms with Crippen molar-refractivity contribution in [1.29, 1.82) is 0 Å². The molecule has 5 heteroatoms. The highest BCUT2D eigenvalue weighted by atomic mass is 32.1. The highest BCUT2D eigenvalue weighted by Gasteiger charge is 2.31. The van der Waals surface area contributed by atoms with Crippen molar-refractivity contribution >= 4 is 17.2 Å². The van der Waals surface area contributed by atoms with E-state index in [2.05, 4.69) is 11.4 Å². The van der Waals surface area contributed by atoms with Gasteiger partial charge in [0.2, 0.25) is 5.91 Å². The van der Waals surface area contributed by atoms with Crippen molar-refractivity contribution in [2.45, 2.75) is 31.9 Å². The summed E-state index contributed by atoms with van der Waals surface area (Å²) in [5, 5.41) is 12.0. The van der Waals surface area contributed by atoms with Gasteiger partial charge in [0.05, 0.1) is 12.6 Å². The predicted molar refractivity (Wildman–Crippen MR) is 79.7 cm³/mol. The Labute approximate surface area is 124 Å². The summed E-state index contributed by atoms with van der Waals surface area (Å²) in [6.45, 7) is 2.58. The second kappa shape index (κ2) is 5.84. The zero-order valence-corrected chi connectivity index (χ0v) is 12.7. The first-order chi connectivity index (χ1) is 9.63. The van der Waals surface area contributed by atoms with Crippen LogP contribution in [0.15, 0.2) is 11.4 Å². The van der Waals surface area contributed by atoms with E-state index in [9.17, 15) is 9.90 Å². The molecule has 4 nitrogen and oxygen atoms in total. The molecule has 0 saturated heterocycles. The van der Waals surface area contributed by atoms with Crippen molar-refractivity contribution in [3.05, 3.63) is 21.9 Å². The fourth-order valence-electron chi connectivity index (χ4n) is 2.81. The maximum absolute atomic E-state index is 12.3. The molecule has 1 unspecified atom stereocenters. The number of carbonyl (C=O) groups excluding carboxylic acids is 1. The monoisotopic (exact) mass is 294 g/mol. The lowest BCUT2D eigenvalue weighted by atomic mass is 10.1. The summed E-state index contributed by atoms with van der Waals surface area (Å²) in [5.41, 5.74) is 1.30. The van der Waals surface area contributed by atoms with Crippen LogP contribution in [0.5, 0.6) is 0 Å². The number of thiophene rings is 1. The lowest BCUT2D eigenvalue weighted by Crippen LogP contribution is -2.43. The number of aliphatic hydroxyl groups excluding tert-OH is 1. The standard InChI is InChI=1S/C15H22N2O2S/c1-16(9-13(18)11-2-3-11)10-15(19)17-6-4-14-12(8-17)5-7-20-14/h5,7,11,13,18H,2-4,6,8-10H2,1H3. The molecule has 1 aliphatic heterocycles. The molecule has 110 valence electrons. The van der Waals surface area contributed by atoms with Crippen molar-refractivity contribution in [2.24, 2.45) is 5.92 Å². The fraction of sp³-hybridized carbons (Fsp3) is 0.667. The van der Waals surface area contributed by atoms with Crippen molar-refractivity contribution in [2.75, 3.05) is 26.7 Å². The average Bonchev–Trinajstić information content (AvgIpc) is 3.16. The van der Waals surface area contributed by atoms with E-state index in [1.54, 1.807) is 11.3 Å². The summed E-state index contributed by atoms with van der Waals surface area (Å²) in [7, 11) is 1.92. The van der Waals surface area contributed by atoms with Gasteiger partial charge >= 0.3 is 0 Å². The molecule has 1 aromatic heterocycles. The van der Waals surface area contributed by atoms with Crippen LogP contribution in [0.25, 0.3) is 0 Å². The highest BCUT2D eigenvalue weighted by molar-refractivity contribution is 7.10. The van der Waals surface area contributed by atoms with E-state index in [1.807, 2.05) is 16.8 Å². The first kappa shape index (κ1) is 14.0. The summed E-state index contributed by atoms with van der Waals surface area (Å²) >= 11 is 1.79. The van der Waals surface area contributed by atoms with E-state index in [-0.39, 0.29) is 12.0 Å². The number of carbonyl (C=O) groups is 1. The van der Waals surface area contributed by atoms with Crippen molar-refractivity contribution in [1.82, 2.24) is 9.80 Å². The van der Waals surface area contributed by atoms with Crippen LogP contribution in [0.4, 0.5) is 0 Å². The van der Waals surface area contributed by atoms with Crippen LogP contribution in [0.2, 0.25) is 0 Å². The quantitative estimate of drug-likeness (QED) is 0.891. The number of aliphatic hydroxyl groups is 1. The highest BCUT2D eigenvalue weighted by Crippen LogP contribution is 2.32. The van der Waals surface area contributed by atoms with E-state index in [1.165, 1.54) is 10.4 Å². The molecule has 1 saturated carbocycles. The van der Waals surface area contributed by atoms with Crippen LogP contribution >= 0.6 is 11.3 Å². The largest absolute Gasteiger partial charge is 0.392 e. The Hall–Kier alpha value is -0.910. The van der Waals surface area contributed by atoms with Gasteiger partial charge in [0, 0.05) is 24.5 Å². The van der Waals surface area contributed by atoms with Crippen molar-refractivity contribution in [3.63, 3.8) is 0 Å². The molecule has 2 aliphatic rings. The van der Waals surface area contributed by atoms with E-state index in [4.69, 9.17) is 0 Å².